The maximum atomic E-state index is 12.7. The Bertz CT molecular complexity index is 898. The molecular formula is C28H58N2O16P2. The van der Waals surface area contributed by atoms with E-state index in [0.29, 0.717) is 45.1 Å². The van der Waals surface area contributed by atoms with E-state index in [2.05, 4.69) is 0 Å². The fourth-order valence-electron chi connectivity index (χ4n) is 5.13. The molecule has 11 N–H and O–H groups in total. The first-order valence-corrected chi connectivity index (χ1v) is 19.4. The molecule has 1 aliphatic carbocycles. The zero-order chi connectivity index (χ0) is 35.7. The number of methoxy groups -OCH3 is 1. The smallest absolute Gasteiger partial charge is 0.329 e. The second-order valence-corrected chi connectivity index (χ2v) is 15.1. The minimum Gasteiger partial charge on any atom is -0.396 e. The molecule has 13 unspecified atom stereocenters. The molecule has 0 radical (unpaired) electrons. The highest BCUT2D eigenvalue weighted by atomic mass is 31.2. The minimum atomic E-state index is -3.39. The average Bonchev–Trinajstić information content (AvgIpc) is 3.07. The van der Waals surface area contributed by atoms with Crippen molar-refractivity contribution in [2.75, 3.05) is 66.6 Å². The van der Waals surface area contributed by atoms with Crippen molar-refractivity contribution >= 4 is 16.2 Å². The zero-order valence-corrected chi connectivity index (χ0v) is 29.6. The molecule has 2 aliphatic rings. The molecule has 0 amide bonds. The van der Waals surface area contributed by atoms with E-state index < -0.39 is 89.8 Å². The van der Waals surface area contributed by atoms with E-state index in [0.717, 1.165) is 6.42 Å². The summed E-state index contributed by atoms with van der Waals surface area (Å²) in [5.41, 5.74) is 11.8. The van der Waals surface area contributed by atoms with Gasteiger partial charge in [0.15, 0.2) is 6.29 Å². The molecule has 0 aromatic heterocycles. The lowest BCUT2D eigenvalue weighted by atomic mass is 9.80. The van der Waals surface area contributed by atoms with Gasteiger partial charge in [-0.15, -0.1) is 0 Å². The van der Waals surface area contributed by atoms with Crippen LogP contribution < -0.4 is 11.5 Å². The van der Waals surface area contributed by atoms with Crippen LogP contribution in [-0.2, 0) is 41.6 Å². The Morgan fingerprint density at radius 3 is 2.06 bits per heavy atom. The van der Waals surface area contributed by atoms with Gasteiger partial charge in [0.05, 0.1) is 63.4 Å². The molecular weight excluding hydrogens is 682 g/mol. The van der Waals surface area contributed by atoms with Crippen molar-refractivity contribution in [1.29, 1.82) is 0 Å². The van der Waals surface area contributed by atoms with Crippen LogP contribution in [0.4, 0.5) is 0 Å². The van der Waals surface area contributed by atoms with Gasteiger partial charge < -0.3 is 84.0 Å². The lowest BCUT2D eigenvalue weighted by Gasteiger charge is -2.40. The van der Waals surface area contributed by atoms with Gasteiger partial charge in [0.2, 0.25) is 0 Å². The highest BCUT2D eigenvalue weighted by Gasteiger charge is 2.43. The predicted molar refractivity (Wildman–Crippen MR) is 172 cm³/mol. The number of rotatable bonds is 25. The first-order valence-electron chi connectivity index (χ1n) is 16.3. The lowest BCUT2D eigenvalue weighted by Crippen LogP contribution is -2.62. The monoisotopic (exact) mass is 740 g/mol. The van der Waals surface area contributed by atoms with Crippen LogP contribution in [0.2, 0.25) is 0 Å². The zero-order valence-electron chi connectivity index (χ0n) is 27.8. The fraction of sp³-hybridized carbons (Fsp3) is 1.00. The summed E-state index contributed by atoms with van der Waals surface area (Å²) in [5, 5.41) is 58.5. The standard InChI is InChI=1S/C28H58N2O16P2/c1-39-19(16-43-47(37)42-11-7-3-5-9-40-20-13-18(14-31)24(33)26(35)22(20)29)17-45-48(2,38)44-12-8-4-6-10-41-28-23(30)27(36)25(34)21(15-32)46-28/h18-28,31-37H,3-17,29-30H2,1-2H3. The molecule has 286 valence electrons. The van der Waals surface area contributed by atoms with E-state index in [4.69, 9.17) is 48.5 Å². The second-order valence-electron chi connectivity index (χ2n) is 12.0. The summed E-state index contributed by atoms with van der Waals surface area (Å²) in [5.74, 6) is -0.484. The molecule has 0 aromatic carbocycles. The van der Waals surface area contributed by atoms with E-state index in [-0.39, 0.29) is 39.6 Å². The van der Waals surface area contributed by atoms with Crippen LogP contribution in [0.3, 0.4) is 0 Å². The molecule has 2 rings (SSSR count). The van der Waals surface area contributed by atoms with Crippen molar-refractivity contribution in [2.24, 2.45) is 17.4 Å². The van der Waals surface area contributed by atoms with E-state index in [9.17, 15) is 40.1 Å². The van der Waals surface area contributed by atoms with Crippen LogP contribution >= 0.6 is 16.2 Å². The topological polar surface area (TPSA) is 285 Å². The van der Waals surface area contributed by atoms with Crippen molar-refractivity contribution in [3.05, 3.63) is 0 Å². The predicted octanol–water partition coefficient (Wildman–Crippen LogP) is -1.32. The van der Waals surface area contributed by atoms with E-state index in [1.165, 1.54) is 13.8 Å². The Morgan fingerprint density at radius 2 is 1.42 bits per heavy atom. The summed E-state index contributed by atoms with van der Waals surface area (Å²) in [6.07, 6.45) is -3.61. The summed E-state index contributed by atoms with van der Waals surface area (Å²) in [4.78, 5) is 10.0. The molecule has 0 bridgehead atoms. The molecule has 2 fully saturated rings. The summed E-state index contributed by atoms with van der Waals surface area (Å²) < 4.78 is 56.1. The van der Waals surface area contributed by atoms with Gasteiger partial charge in [0, 0.05) is 39.5 Å². The van der Waals surface area contributed by atoms with Crippen molar-refractivity contribution in [1.82, 2.24) is 0 Å². The third kappa shape index (κ3) is 15.3. The second kappa shape index (κ2) is 23.5. The van der Waals surface area contributed by atoms with Gasteiger partial charge >= 0.3 is 16.2 Å². The summed E-state index contributed by atoms with van der Waals surface area (Å²) in [7, 11) is -4.13. The quantitative estimate of drug-likeness (QED) is 0.0388. The van der Waals surface area contributed by atoms with Gasteiger partial charge in [-0.05, 0) is 44.9 Å². The maximum absolute atomic E-state index is 12.7. The average molecular weight is 741 g/mol. The normalized spacial score (nSPS) is 33.7. The molecule has 0 aromatic rings. The number of aliphatic hydroxyl groups is 6. The molecule has 20 heteroatoms. The first-order chi connectivity index (χ1) is 22.8. The number of hydrogen-bond donors (Lipinski definition) is 9. The van der Waals surface area contributed by atoms with Crippen molar-refractivity contribution in [2.45, 2.75) is 106 Å². The van der Waals surface area contributed by atoms with Crippen LogP contribution in [0.1, 0.15) is 44.9 Å². The van der Waals surface area contributed by atoms with Gasteiger partial charge in [-0.3, -0.25) is 4.57 Å². The Hall–Kier alpha value is -0.0200. The van der Waals surface area contributed by atoms with Crippen molar-refractivity contribution in [3.63, 3.8) is 0 Å². The first kappa shape index (κ1) is 44.1. The van der Waals surface area contributed by atoms with Gasteiger partial charge in [-0.25, -0.2) is 0 Å². The third-order valence-corrected chi connectivity index (χ3v) is 10.3. The maximum Gasteiger partial charge on any atom is 0.329 e. The molecule has 18 nitrogen and oxygen atoms in total. The third-order valence-electron chi connectivity index (χ3n) is 8.27. The van der Waals surface area contributed by atoms with Gasteiger partial charge in [-0.1, -0.05) is 0 Å². The number of hydrogen-bond acceptors (Lipinski definition) is 18. The van der Waals surface area contributed by atoms with Crippen LogP contribution in [0.25, 0.3) is 0 Å². The summed E-state index contributed by atoms with van der Waals surface area (Å²) in [6, 6.07) is -1.69. The van der Waals surface area contributed by atoms with Crippen LogP contribution in [-0.4, -0.2) is 163 Å². The largest absolute Gasteiger partial charge is 0.396 e. The van der Waals surface area contributed by atoms with Gasteiger partial charge in [0.25, 0.3) is 0 Å². The molecule has 13 atom stereocenters. The highest BCUT2D eigenvalue weighted by Crippen LogP contribution is 2.44. The van der Waals surface area contributed by atoms with E-state index in [1.54, 1.807) is 0 Å². The lowest BCUT2D eigenvalue weighted by molar-refractivity contribution is -0.265. The van der Waals surface area contributed by atoms with Gasteiger partial charge in [0.1, 0.15) is 24.4 Å². The van der Waals surface area contributed by atoms with Crippen LogP contribution in [0, 0.1) is 5.92 Å². The molecule has 48 heavy (non-hydrogen) atoms. The number of nitrogens with two attached hydrogens (primary N) is 2. The molecule has 1 saturated heterocycles. The minimum absolute atomic E-state index is 0.0625. The number of aliphatic hydroxyl groups excluding tert-OH is 6. The Kier molecular flexibility index (Phi) is 21.6. The van der Waals surface area contributed by atoms with Crippen LogP contribution in [0.15, 0.2) is 0 Å². The molecule has 0 spiro atoms. The summed E-state index contributed by atoms with van der Waals surface area (Å²) >= 11 is 0. The highest BCUT2D eigenvalue weighted by molar-refractivity contribution is 7.52. The molecule has 1 heterocycles. The van der Waals surface area contributed by atoms with Gasteiger partial charge in [-0.2, -0.15) is 0 Å². The molecule has 1 aliphatic heterocycles. The van der Waals surface area contributed by atoms with E-state index >= 15 is 0 Å². The number of ether oxygens (including phenoxy) is 4. The Morgan fingerprint density at radius 1 is 0.792 bits per heavy atom. The fourth-order valence-corrected chi connectivity index (χ4v) is 6.76. The summed E-state index contributed by atoms with van der Waals surface area (Å²) in [6.45, 7) is 1.51. The number of unbranched alkanes of at least 4 members (excludes halogenated alkanes) is 4. The van der Waals surface area contributed by atoms with Crippen molar-refractivity contribution in [3.8, 4) is 0 Å². The van der Waals surface area contributed by atoms with E-state index in [1.807, 2.05) is 0 Å². The van der Waals surface area contributed by atoms with Crippen LogP contribution in [0.5, 0.6) is 0 Å². The molecule has 1 saturated carbocycles. The van der Waals surface area contributed by atoms with Crippen molar-refractivity contribution < 1.29 is 77.1 Å². The Labute approximate surface area is 283 Å². The SMILES string of the molecule is COC(COP(O)OCCCCCOC1CC(CO)C(O)C(O)C1N)COP(C)(=O)OCCCCCOC1OC(CO)C(O)C(O)C1N. The Balaban J connectivity index is 1.49.